The Balaban J connectivity index is 0.00000144. The van der Waals surface area contributed by atoms with Crippen molar-refractivity contribution in [1.82, 2.24) is 4.90 Å². The summed E-state index contributed by atoms with van der Waals surface area (Å²) in [7, 11) is 0. The van der Waals surface area contributed by atoms with Gasteiger partial charge in [-0.3, -0.25) is 4.79 Å². The zero-order valence-corrected chi connectivity index (χ0v) is 12.5. The molecule has 0 bridgehead atoms. The van der Waals surface area contributed by atoms with Gasteiger partial charge in [0.05, 0.1) is 12.4 Å². The second-order valence-electron chi connectivity index (χ2n) is 3.90. The molecule has 0 N–H and O–H groups in total. The molecule has 2 rings (SSSR count). The highest BCUT2D eigenvalue weighted by Gasteiger charge is 2.19. The van der Waals surface area contributed by atoms with Gasteiger partial charge in [0.15, 0.2) is 5.78 Å². The number of Topliss-reactive ketones (excluding diaryl/α,β-unsaturated/α-hetero) is 1. The van der Waals surface area contributed by atoms with E-state index in [-0.39, 0.29) is 22.8 Å². The van der Waals surface area contributed by atoms with Gasteiger partial charge < -0.3 is 4.90 Å². The van der Waals surface area contributed by atoms with Crippen LogP contribution in [0.2, 0.25) is 0 Å². The predicted molar refractivity (Wildman–Crippen MR) is 78.6 cm³/mol. The molecule has 0 saturated carbocycles. The van der Waals surface area contributed by atoms with E-state index >= 15 is 0 Å². The lowest BCUT2D eigenvalue weighted by atomic mass is 10.1. The Hall–Kier alpha value is -0.740. The van der Waals surface area contributed by atoms with Crippen molar-refractivity contribution in [3.05, 3.63) is 46.5 Å². The Labute approximate surface area is 117 Å². The molecule has 0 unspecified atom stereocenters. The lowest BCUT2D eigenvalue weighted by molar-refractivity contribution is 0.0958. The van der Waals surface area contributed by atoms with Crippen molar-refractivity contribution in [1.29, 1.82) is 0 Å². The number of nitrogens with zero attached hydrogens (tertiary/aromatic N) is 1. The Morgan fingerprint density at radius 2 is 1.94 bits per heavy atom. The normalized spacial score (nSPS) is 14.8. The van der Waals surface area contributed by atoms with E-state index in [2.05, 4.69) is 18.7 Å². The summed E-state index contributed by atoms with van der Waals surface area (Å²) in [5, 5.41) is 0. The third kappa shape index (κ3) is 3.36. The van der Waals surface area contributed by atoms with E-state index in [1.807, 2.05) is 30.3 Å². The summed E-state index contributed by atoms with van der Waals surface area (Å²) < 4.78 is 0. The quantitative estimate of drug-likeness (QED) is 0.793. The predicted octanol–water partition coefficient (Wildman–Crippen LogP) is 3.70. The summed E-state index contributed by atoms with van der Waals surface area (Å²) in [6, 6.07) is 9.48. The van der Waals surface area contributed by atoms with Crippen LogP contribution in [0.3, 0.4) is 0 Å². The summed E-state index contributed by atoms with van der Waals surface area (Å²) >= 11 is 1.80. The van der Waals surface area contributed by atoms with Crippen LogP contribution in [-0.2, 0) is 0 Å². The number of thioether (sulfide) groups is 1. The first-order chi connectivity index (χ1) is 7.68. The van der Waals surface area contributed by atoms with Gasteiger partial charge in [-0.15, -0.1) is 28.7 Å². The summed E-state index contributed by atoms with van der Waals surface area (Å²) in [5.41, 5.74) is 2.03. The van der Waals surface area contributed by atoms with Gasteiger partial charge in [0.2, 0.25) is 0 Å². The second-order valence-corrected chi connectivity index (χ2v) is 5.06. The van der Waals surface area contributed by atoms with Gasteiger partial charge in [-0.2, -0.15) is 0 Å². The fraction of sp³-hybridized carbons (Fsp3) is 0.308. The molecule has 1 aromatic carbocycles. The fourth-order valence-corrected chi connectivity index (χ4v) is 2.62. The second kappa shape index (κ2) is 6.26. The molecule has 2 nitrogen and oxygen atoms in total. The first-order valence-electron chi connectivity index (χ1n) is 5.32. The molecule has 0 amide bonds. The molecular weight excluding hydrogens is 298 g/mol. The van der Waals surface area contributed by atoms with E-state index in [4.69, 9.17) is 0 Å². The molecule has 0 spiro atoms. The summed E-state index contributed by atoms with van der Waals surface area (Å²) in [6.45, 7) is 4.67. The van der Waals surface area contributed by atoms with Crippen molar-refractivity contribution in [3.8, 4) is 0 Å². The summed E-state index contributed by atoms with van der Waals surface area (Å²) in [5.74, 6) is 1.09. The number of hydrogen-bond donors (Lipinski definition) is 0. The van der Waals surface area contributed by atoms with Gasteiger partial charge in [0.1, 0.15) is 0 Å². The molecule has 4 heteroatoms. The molecule has 1 aliphatic rings. The molecule has 0 aliphatic carbocycles. The lowest BCUT2D eigenvalue weighted by Crippen LogP contribution is -2.25. The summed E-state index contributed by atoms with van der Waals surface area (Å²) in [6.07, 6.45) is 0. The first-order valence-corrected chi connectivity index (χ1v) is 6.30. The number of rotatable bonds is 3. The maximum absolute atomic E-state index is 12.0. The van der Waals surface area contributed by atoms with Crippen LogP contribution in [0.25, 0.3) is 0 Å². The minimum Gasteiger partial charge on any atom is -0.357 e. The SMILES string of the molecule is Br.CC1=C(C)N(CC(=O)c2ccccc2)CS1. The Morgan fingerprint density at radius 3 is 2.47 bits per heavy atom. The minimum absolute atomic E-state index is 0. The molecule has 0 fully saturated rings. The molecule has 1 heterocycles. The summed E-state index contributed by atoms with van der Waals surface area (Å²) in [4.78, 5) is 15.4. The van der Waals surface area contributed by atoms with E-state index in [0.717, 1.165) is 11.4 Å². The van der Waals surface area contributed by atoms with E-state index in [0.29, 0.717) is 6.54 Å². The fourth-order valence-electron chi connectivity index (χ4n) is 1.65. The van der Waals surface area contributed by atoms with Gasteiger partial charge >= 0.3 is 0 Å². The number of benzene rings is 1. The van der Waals surface area contributed by atoms with Crippen molar-refractivity contribution in [2.45, 2.75) is 13.8 Å². The number of allylic oxidation sites excluding steroid dienone is 2. The van der Waals surface area contributed by atoms with Crippen LogP contribution in [0.4, 0.5) is 0 Å². The number of halogens is 1. The van der Waals surface area contributed by atoms with Crippen LogP contribution in [0.1, 0.15) is 24.2 Å². The molecule has 1 aliphatic heterocycles. The van der Waals surface area contributed by atoms with Gasteiger partial charge in [-0.1, -0.05) is 30.3 Å². The molecule has 0 aromatic heterocycles. The van der Waals surface area contributed by atoms with E-state index in [9.17, 15) is 4.79 Å². The van der Waals surface area contributed by atoms with E-state index in [1.54, 1.807) is 11.8 Å². The molecular formula is C13H16BrNOS. The Bertz CT molecular complexity index is 430. The zero-order chi connectivity index (χ0) is 11.5. The molecule has 17 heavy (non-hydrogen) atoms. The van der Waals surface area contributed by atoms with Crippen LogP contribution in [0.5, 0.6) is 0 Å². The third-order valence-corrected chi connectivity index (χ3v) is 4.02. The smallest absolute Gasteiger partial charge is 0.182 e. The average Bonchev–Trinajstić information content (AvgIpc) is 2.62. The highest BCUT2D eigenvalue weighted by atomic mass is 79.9. The molecule has 1 aromatic rings. The molecule has 0 atom stereocenters. The topological polar surface area (TPSA) is 20.3 Å². The van der Waals surface area contributed by atoms with Gasteiger partial charge in [-0.05, 0) is 13.8 Å². The van der Waals surface area contributed by atoms with Crippen LogP contribution >= 0.6 is 28.7 Å². The first kappa shape index (κ1) is 14.3. The van der Waals surface area contributed by atoms with Crippen LogP contribution in [0.15, 0.2) is 40.9 Å². The molecule has 92 valence electrons. The monoisotopic (exact) mass is 313 g/mol. The van der Waals surface area contributed by atoms with E-state index in [1.165, 1.54) is 10.6 Å². The standard InChI is InChI=1S/C13H15NOS.BrH/c1-10-11(2)16-9-14(10)8-13(15)12-6-4-3-5-7-12;/h3-7H,8-9H2,1-2H3;1H. The molecule has 0 radical (unpaired) electrons. The Morgan fingerprint density at radius 1 is 1.29 bits per heavy atom. The van der Waals surface area contributed by atoms with E-state index < -0.39 is 0 Å². The van der Waals surface area contributed by atoms with Crippen molar-refractivity contribution in [3.63, 3.8) is 0 Å². The maximum atomic E-state index is 12.0. The highest BCUT2D eigenvalue weighted by molar-refractivity contribution is 8.93. The van der Waals surface area contributed by atoms with Crippen molar-refractivity contribution in [2.75, 3.05) is 12.4 Å². The lowest BCUT2D eigenvalue weighted by Gasteiger charge is -2.18. The average molecular weight is 314 g/mol. The van der Waals surface area contributed by atoms with Crippen molar-refractivity contribution in [2.24, 2.45) is 0 Å². The number of carbonyl (C=O) groups excluding carboxylic acids is 1. The number of carbonyl (C=O) groups is 1. The van der Waals surface area contributed by atoms with Crippen LogP contribution < -0.4 is 0 Å². The van der Waals surface area contributed by atoms with Crippen molar-refractivity contribution < 1.29 is 4.79 Å². The van der Waals surface area contributed by atoms with Gasteiger partial charge in [-0.25, -0.2) is 0 Å². The van der Waals surface area contributed by atoms with Crippen LogP contribution in [0, 0.1) is 0 Å². The minimum atomic E-state index is 0. The molecule has 0 saturated heterocycles. The van der Waals surface area contributed by atoms with Crippen molar-refractivity contribution >= 4 is 34.5 Å². The zero-order valence-electron chi connectivity index (χ0n) is 9.97. The largest absolute Gasteiger partial charge is 0.357 e. The third-order valence-electron chi connectivity index (χ3n) is 2.85. The van der Waals surface area contributed by atoms with Gasteiger partial charge in [0, 0.05) is 16.2 Å². The number of ketones is 1. The highest BCUT2D eigenvalue weighted by Crippen LogP contribution is 2.30. The van der Waals surface area contributed by atoms with Crippen LogP contribution in [-0.4, -0.2) is 23.1 Å². The Kier molecular flexibility index (Phi) is 5.28. The number of hydrogen-bond acceptors (Lipinski definition) is 3. The van der Waals surface area contributed by atoms with Gasteiger partial charge in [0.25, 0.3) is 0 Å². The maximum Gasteiger partial charge on any atom is 0.182 e.